The molecule has 0 aromatic carbocycles. The highest BCUT2D eigenvalue weighted by molar-refractivity contribution is 8.00. The van der Waals surface area contributed by atoms with E-state index in [4.69, 9.17) is 4.74 Å². The van der Waals surface area contributed by atoms with Gasteiger partial charge in [0.2, 0.25) is 0 Å². The largest absolute Gasteiger partial charge is 0.380 e. The fourth-order valence-electron chi connectivity index (χ4n) is 1.64. The van der Waals surface area contributed by atoms with Gasteiger partial charge in [0, 0.05) is 24.4 Å². The number of thioether (sulfide) groups is 1. The fraction of sp³-hybridized carbons (Fsp3) is 1.00. The molecule has 3 heteroatoms. The van der Waals surface area contributed by atoms with E-state index in [2.05, 4.69) is 39.3 Å². The zero-order valence-corrected chi connectivity index (χ0v) is 12.5. The molecule has 0 rings (SSSR count). The van der Waals surface area contributed by atoms with Crippen LogP contribution >= 0.6 is 11.8 Å². The van der Waals surface area contributed by atoms with Crippen molar-refractivity contribution in [3.8, 4) is 0 Å². The van der Waals surface area contributed by atoms with Gasteiger partial charge in [0.1, 0.15) is 0 Å². The van der Waals surface area contributed by atoms with E-state index < -0.39 is 0 Å². The first kappa shape index (κ1) is 16.3. The third kappa shape index (κ3) is 6.77. The van der Waals surface area contributed by atoms with E-state index in [0.29, 0.717) is 10.7 Å². The molecule has 1 N–H and O–H groups in total. The lowest BCUT2D eigenvalue weighted by atomic mass is 10.0. The molecular formula is C13H29NOS. The monoisotopic (exact) mass is 247 g/mol. The normalized spacial score (nSPS) is 12.4. The predicted octanol–water partition coefficient (Wildman–Crippen LogP) is 3.17. The minimum absolute atomic E-state index is 0.415. The van der Waals surface area contributed by atoms with Gasteiger partial charge in [-0.2, -0.15) is 11.8 Å². The van der Waals surface area contributed by atoms with Crippen molar-refractivity contribution in [2.75, 3.05) is 32.6 Å². The highest BCUT2D eigenvalue weighted by Gasteiger charge is 2.23. The van der Waals surface area contributed by atoms with Gasteiger partial charge in [-0.3, -0.25) is 0 Å². The molecule has 0 unspecified atom stereocenters. The molecule has 0 fully saturated rings. The van der Waals surface area contributed by atoms with Crippen molar-refractivity contribution in [3.05, 3.63) is 0 Å². The van der Waals surface area contributed by atoms with Crippen molar-refractivity contribution in [1.29, 1.82) is 0 Å². The zero-order chi connectivity index (χ0) is 12.4. The van der Waals surface area contributed by atoms with Crippen molar-refractivity contribution < 1.29 is 4.74 Å². The van der Waals surface area contributed by atoms with E-state index in [9.17, 15) is 0 Å². The van der Waals surface area contributed by atoms with Gasteiger partial charge in [-0.25, -0.2) is 0 Å². The Bertz CT molecular complexity index is 150. The number of rotatable bonds is 10. The highest BCUT2D eigenvalue weighted by atomic mass is 32.2. The highest BCUT2D eigenvalue weighted by Crippen LogP contribution is 2.29. The van der Waals surface area contributed by atoms with Crippen LogP contribution in [0.5, 0.6) is 0 Å². The Morgan fingerprint density at radius 2 is 1.88 bits per heavy atom. The van der Waals surface area contributed by atoms with Gasteiger partial charge in [-0.15, -0.1) is 0 Å². The Labute approximate surface area is 106 Å². The van der Waals surface area contributed by atoms with Gasteiger partial charge in [0.25, 0.3) is 0 Å². The zero-order valence-electron chi connectivity index (χ0n) is 11.6. The third-order valence-corrected chi connectivity index (χ3v) is 4.63. The van der Waals surface area contributed by atoms with Crippen molar-refractivity contribution in [2.24, 2.45) is 5.92 Å². The summed E-state index contributed by atoms with van der Waals surface area (Å²) in [6.07, 6.45) is 4.67. The minimum Gasteiger partial charge on any atom is -0.380 e. The molecule has 0 aromatic rings. The molecule has 0 aromatic heterocycles. The van der Waals surface area contributed by atoms with E-state index in [1.54, 1.807) is 0 Å². The molecule has 0 aliphatic heterocycles. The Morgan fingerprint density at radius 3 is 2.31 bits per heavy atom. The lowest BCUT2D eigenvalue weighted by molar-refractivity contribution is 0.111. The van der Waals surface area contributed by atoms with E-state index in [1.165, 1.54) is 12.8 Å². The van der Waals surface area contributed by atoms with E-state index in [-0.39, 0.29) is 0 Å². The Kier molecular flexibility index (Phi) is 9.47. The summed E-state index contributed by atoms with van der Waals surface area (Å²) in [4.78, 5) is 0. The summed E-state index contributed by atoms with van der Waals surface area (Å²) in [6.45, 7) is 12.7. The Balaban J connectivity index is 3.55. The van der Waals surface area contributed by atoms with Crippen LogP contribution in [0.4, 0.5) is 0 Å². The second kappa shape index (κ2) is 9.32. The van der Waals surface area contributed by atoms with Gasteiger partial charge in [0.05, 0.1) is 6.61 Å². The molecule has 0 aliphatic carbocycles. The van der Waals surface area contributed by atoms with Gasteiger partial charge in [-0.05, 0) is 25.0 Å². The lowest BCUT2D eigenvalue weighted by Crippen LogP contribution is -2.38. The molecule has 98 valence electrons. The van der Waals surface area contributed by atoms with Crippen LogP contribution in [-0.4, -0.2) is 37.3 Å². The average Bonchev–Trinajstić information content (AvgIpc) is 2.29. The summed E-state index contributed by atoms with van der Waals surface area (Å²) in [5.74, 6) is 0.636. The number of hydrogen-bond donors (Lipinski definition) is 1. The molecule has 0 aliphatic rings. The van der Waals surface area contributed by atoms with Crippen molar-refractivity contribution in [3.63, 3.8) is 0 Å². The van der Waals surface area contributed by atoms with E-state index >= 15 is 0 Å². The van der Waals surface area contributed by atoms with Crippen LogP contribution in [0.3, 0.4) is 0 Å². The van der Waals surface area contributed by atoms with Crippen LogP contribution in [0.2, 0.25) is 0 Å². The molecule has 0 amide bonds. The van der Waals surface area contributed by atoms with Crippen molar-refractivity contribution in [2.45, 2.75) is 45.3 Å². The second-order valence-electron chi connectivity index (χ2n) is 4.74. The predicted molar refractivity (Wildman–Crippen MR) is 75.4 cm³/mol. The maximum Gasteiger partial charge on any atom is 0.0591 e. The number of hydrogen-bond acceptors (Lipinski definition) is 3. The summed E-state index contributed by atoms with van der Waals surface area (Å²) in [5.41, 5.74) is 0. The first-order valence-electron chi connectivity index (χ1n) is 6.43. The first-order chi connectivity index (χ1) is 7.60. The molecule has 0 heterocycles. The topological polar surface area (TPSA) is 21.3 Å². The maximum absolute atomic E-state index is 5.54. The molecule has 0 spiro atoms. The maximum atomic E-state index is 5.54. The SMILES string of the molecule is CCC(CC)(CNCCOCC(C)C)SC. The van der Waals surface area contributed by atoms with Gasteiger partial charge < -0.3 is 10.1 Å². The number of ether oxygens (including phenoxy) is 1. The van der Waals surface area contributed by atoms with Crippen LogP contribution in [0.1, 0.15) is 40.5 Å². The lowest BCUT2D eigenvalue weighted by Gasteiger charge is -2.30. The molecule has 2 nitrogen and oxygen atoms in total. The van der Waals surface area contributed by atoms with Crippen LogP contribution in [-0.2, 0) is 4.74 Å². The van der Waals surface area contributed by atoms with Crippen LogP contribution in [0.15, 0.2) is 0 Å². The molecule has 0 atom stereocenters. The summed E-state index contributed by atoms with van der Waals surface area (Å²) in [7, 11) is 0. The quantitative estimate of drug-likeness (QED) is 0.599. The van der Waals surface area contributed by atoms with Crippen molar-refractivity contribution >= 4 is 11.8 Å². The number of nitrogens with one attached hydrogen (secondary N) is 1. The summed E-state index contributed by atoms with van der Waals surface area (Å²) in [6, 6.07) is 0. The standard InChI is InChI=1S/C13H29NOS/c1-6-13(7-2,16-5)11-14-8-9-15-10-12(3)4/h12,14H,6-11H2,1-5H3. The summed E-state index contributed by atoms with van der Waals surface area (Å²) >= 11 is 1.98. The van der Waals surface area contributed by atoms with Gasteiger partial charge in [-0.1, -0.05) is 27.7 Å². The van der Waals surface area contributed by atoms with Crippen LogP contribution in [0, 0.1) is 5.92 Å². The molecule has 16 heavy (non-hydrogen) atoms. The molecule has 0 radical (unpaired) electrons. The molecule has 0 saturated carbocycles. The second-order valence-corrected chi connectivity index (χ2v) is 6.01. The van der Waals surface area contributed by atoms with E-state index in [0.717, 1.165) is 26.3 Å². The van der Waals surface area contributed by atoms with Gasteiger partial charge >= 0.3 is 0 Å². The molecular weight excluding hydrogens is 218 g/mol. The summed E-state index contributed by atoms with van der Waals surface area (Å²) < 4.78 is 5.96. The first-order valence-corrected chi connectivity index (χ1v) is 7.66. The average molecular weight is 247 g/mol. The molecule has 0 saturated heterocycles. The Hall–Kier alpha value is 0.270. The summed E-state index contributed by atoms with van der Waals surface area (Å²) in [5, 5.41) is 3.51. The van der Waals surface area contributed by atoms with Gasteiger partial charge in [0.15, 0.2) is 0 Å². The molecule has 0 bridgehead atoms. The fourth-order valence-corrected chi connectivity index (χ4v) is 2.46. The van der Waals surface area contributed by atoms with E-state index in [1.807, 2.05) is 11.8 Å². The Morgan fingerprint density at radius 1 is 1.25 bits per heavy atom. The van der Waals surface area contributed by atoms with Crippen molar-refractivity contribution in [1.82, 2.24) is 5.32 Å². The van der Waals surface area contributed by atoms with Crippen LogP contribution in [0.25, 0.3) is 0 Å². The minimum atomic E-state index is 0.415. The smallest absolute Gasteiger partial charge is 0.0591 e. The third-order valence-electron chi connectivity index (χ3n) is 3.04. The van der Waals surface area contributed by atoms with Crippen LogP contribution < -0.4 is 5.32 Å².